The Labute approximate surface area is 117 Å². The summed E-state index contributed by atoms with van der Waals surface area (Å²) in [5.41, 5.74) is 2.25. The number of halogens is 1. The Morgan fingerprint density at radius 3 is 2.61 bits per heavy atom. The van der Waals surface area contributed by atoms with E-state index in [0.29, 0.717) is 12.5 Å². The Morgan fingerprint density at radius 1 is 1.33 bits per heavy atom. The molecule has 0 saturated carbocycles. The molecule has 1 aliphatic heterocycles. The molecule has 1 fully saturated rings. The van der Waals surface area contributed by atoms with Crippen LogP contribution in [0.15, 0.2) is 33.9 Å². The Bertz CT molecular complexity index is 397. The van der Waals surface area contributed by atoms with Gasteiger partial charge >= 0.3 is 0 Å². The molecule has 0 atom stereocenters. The van der Waals surface area contributed by atoms with Crippen LogP contribution in [0.2, 0.25) is 0 Å². The fourth-order valence-electron chi connectivity index (χ4n) is 2.21. The fourth-order valence-corrected chi connectivity index (χ4v) is 2.48. The highest BCUT2D eigenvalue weighted by molar-refractivity contribution is 9.10. The lowest BCUT2D eigenvalue weighted by molar-refractivity contribution is 0.156. The lowest BCUT2D eigenvalue weighted by Gasteiger charge is -2.24. The summed E-state index contributed by atoms with van der Waals surface area (Å²) < 4.78 is 1.09. The van der Waals surface area contributed by atoms with Crippen molar-refractivity contribution in [3.8, 4) is 0 Å². The molecule has 1 aromatic carbocycles. The molecule has 0 aliphatic carbocycles. The zero-order valence-electron chi connectivity index (χ0n) is 10.7. The molecular weight excluding hydrogens is 292 g/mol. The minimum atomic E-state index is 0.499. The van der Waals surface area contributed by atoms with E-state index < -0.39 is 0 Å². The number of nitrogens with one attached hydrogen (secondary N) is 1. The Morgan fingerprint density at radius 2 is 2.00 bits per heavy atom. The first-order chi connectivity index (χ1) is 8.81. The van der Waals surface area contributed by atoms with E-state index in [1.807, 2.05) is 6.92 Å². The van der Waals surface area contributed by atoms with Gasteiger partial charge in [0, 0.05) is 10.4 Å². The van der Waals surface area contributed by atoms with Crippen LogP contribution in [0.4, 0.5) is 0 Å². The highest BCUT2D eigenvalue weighted by atomic mass is 79.9. The number of rotatable bonds is 4. The molecule has 0 radical (unpaired) electrons. The Hall–Kier alpha value is -0.870. The van der Waals surface area contributed by atoms with Crippen LogP contribution in [-0.2, 0) is 4.84 Å². The molecule has 0 bridgehead atoms. The number of hydrogen-bond donors (Lipinski definition) is 1. The predicted molar refractivity (Wildman–Crippen MR) is 77.9 cm³/mol. The van der Waals surface area contributed by atoms with Crippen LogP contribution in [0.1, 0.15) is 25.3 Å². The Kier molecular flexibility index (Phi) is 5.20. The summed E-state index contributed by atoms with van der Waals surface area (Å²) in [5.74, 6) is 0.499. The summed E-state index contributed by atoms with van der Waals surface area (Å²) in [6, 6.07) is 8.31. The summed E-state index contributed by atoms with van der Waals surface area (Å²) in [6.45, 7) is 4.70. The first kappa shape index (κ1) is 13.6. The van der Waals surface area contributed by atoms with Crippen LogP contribution >= 0.6 is 15.9 Å². The fraction of sp³-hybridized carbons (Fsp3) is 0.500. The number of benzene rings is 1. The molecule has 98 valence electrons. The quantitative estimate of drug-likeness (QED) is 0.684. The van der Waals surface area contributed by atoms with Crippen LogP contribution in [-0.4, -0.2) is 25.4 Å². The van der Waals surface area contributed by atoms with E-state index in [4.69, 9.17) is 4.84 Å². The normalized spacial score (nSPS) is 17.8. The van der Waals surface area contributed by atoms with Crippen molar-refractivity contribution in [3.63, 3.8) is 0 Å². The monoisotopic (exact) mass is 310 g/mol. The highest BCUT2D eigenvalue weighted by Crippen LogP contribution is 2.21. The van der Waals surface area contributed by atoms with Gasteiger partial charge in [-0.1, -0.05) is 33.2 Å². The maximum absolute atomic E-state index is 5.29. The van der Waals surface area contributed by atoms with Gasteiger partial charge in [-0.3, -0.25) is 0 Å². The summed E-state index contributed by atoms with van der Waals surface area (Å²) >= 11 is 3.46. The van der Waals surface area contributed by atoms with Crippen LogP contribution in [0.3, 0.4) is 0 Å². The van der Waals surface area contributed by atoms with Gasteiger partial charge in [0.1, 0.15) is 6.61 Å². The second kappa shape index (κ2) is 6.90. The van der Waals surface area contributed by atoms with Gasteiger partial charge in [-0.05, 0) is 50.6 Å². The average molecular weight is 311 g/mol. The van der Waals surface area contributed by atoms with Gasteiger partial charge in [-0.15, -0.1) is 0 Å². The SMILES string of the molecule is CCON=C(c1ccc(Br)cc1)C1CCNCC1. The van der Waals surface area contributed by atoms with Crippen molar-refractivity contribution in [1.29, 1.82) is 0 Å². The van der Waals surface area contributed by atoms with Crippen molar-refractivity contribution in [2.45, 2.75) is 19.8 Å². The van der Waals surface area contributed by atoms with E-state index in [0.717, 1.165) is 36.1 Å². The van der Waals surface area contributed by atoms with Gasteiger partial charge in [0.15, 0.2) is 0 Å². The lowest BCUT2D eigenvalue weighted by Crippen LogP contribution is -2.32. The third kappa shape index (κ3) is 3.56. The van der Waals surface area contributed by atoms with E-state index in [-0.39, 0.29) is 0 Å². The summed E-state index contributed by atoms with van der Waals surface area (Å²) in [7, 11) is 0. The van der Waals surface area contributed by atoms with Crippen LogP contribution in [0.25, 0.3) is 0 Å². The second-order valence-corrected chi connectivity index (χ2v) is 5.34. The average Bonchev–Trinajstić information content (AvgIpc) is 2.42. The predicted octanol–water partition coefficient (Wildman–Crippen LogP) is 3.19. The summed E-state index contributed by atoms with van der Waals surface area (Å²) in [4.78, 5) is 5.29. The number of piperidine rings is 1. The second-order valence-electron chi connectivity index (χ2n) is 4.43. The smallest absolute Gasteiger partial charge is 0.114 e. The molecular formula is C14H19BrN2O. The number of hydrogen-bond acceptors (Lipinski definition) is 3. The van der Waals surface area contributed by atoms with Gasteiger partial charge in [-0.2, -0.15) is 0 Å². The van der Waals surface area contributed by atoms with Gasteiger partial charge in [0.25, 0.3) is 0 Å². The molecule has 1 aromatic rings. The molecule has 1 saturated heterocycles. The molecule has 4 heteroatoms. The molecule has 0 unspecified atom stereocenters. The van der Waals surface area contributed by atoms with E-state index >= 15 is 0 Å². The van der Waals surface area contributed by atoms with Crippen LogP contribution < -0.4 is 5.32 Å². The number of nitrogens with zero attached hydrogens (tertiary/aromatic N) is 1. The van der Waals surface area contributed by atoms with E-state index in [1.54, 1.807) is 0 Å². The maximum atomic E-state index is 5.29. The summed E-state index contributed by atoms with van der Waals surface area (Å²) in [5, 5.41) is 7.72. The van der Waals surface area contributed by atoms with Crippen LogP contribution in [0, 0.1) is 5.92 Å². The van der Waals surface area contributed by atoms with Crippen molar-refractivity contribution in [2.75, 3.05) is 19.7 Å². The van der Waals surface area contributed by atoms with Crippen molar-refractivity contribution in [1.82, 2.24) is 5.32 Å². The molecule has 18 heavy (non-hydrogen) atoms. The molecule has 0 spiro atoms. The largest absolute Gasteiger partial charge is 0.396 e. The van der Waals surface area contributed by atoms with E-state index in [9.17, 15) is 0 Å². The standard InChI is InChI=1S/C14H19BrN2O/c1-2-18-17-14(12-7-9-16-10-8-12)11-3-5-13(15)6-4-11/h3-6,12,16H,2,7-10H2,1H3. The highest BCUT2D eigenvalue weighted by Gasteiger charge is 2.21. The minimum absolute atomic E-state index is 0.499. The molecule has 2 rings (SSSR count). The van der Waals surface area contributed by atoms with E-state index in [1.165, 1.54) is 5.56 Å². The van der Waals surface area contributed by atoms with E-state index in [2.05, 4.69) is 50.7 Å². The summed E-state index contributed by atoms with van der Waals surface area (Å²) in [6.07, 6.45) is 2.25. The van der Waals surface area contributed by atoms with Crippen molar-refractivity contribution >= 4 is 21.6 Å². The van der Waals surface area contributed by atoms with Crippen molar-refractivity contribution in [2.24, 2.45) is 11.1 Å². The third-order valence-electron chi connectivity index (χ3n) is 3.16. The van der Waals surface area contributed by atoms with Gasteiger partial charge in [0.05, 0.1) is 5.71 Å². The van der Waals surface area contributed by atoms with Gasteiger partial charge < -0.3 is 10.2 Å². The first-order valence-electron chi connectivity index (χ1n) is 6.47. The molecule has 1 aliphatic rings. The third-order valence-corrected chi connectivity index (χ3v) is 3.69. The first-order valence-corrected chi connectivity index (χ1v) is 7.27. The maximum Gasteiger partial charge on any atom is 0.114 e. The van der Waals surface area contributed by atoms with Gasteiger partial charge in [0.2, 0.25) is 0 Å². The Balaban J connectivity index is 2.21. The van der Waals surface area contributed by atoms with Crippen LogP contribution in [0.5, 0.6) is 0 Å². The van der Waals surface area contributed by atoms with Gasteiger partial charge in [-0.25, -0.2) is 0 Å². The minimum Gasteiger partial charge on any atom is -0.396 e. The molecule has 0 amide bonds. The zero-order valence-corrected chi connectivity index (χ0v) is 12.2. The number of oxime groups is 1. The lowest BCUT2D eigenvalue weighted by atomic mass is 9.89. The molecule has 0 aromatic heterocycles. The molecule has 1 heterocycles. The van der Waals surface area contributed by atoms with Crippen molar-refractivity contribution in [3.05, 3.63) is 34.3 Å². The van der Waals surface area contributed by atoms with Crippen molar-refractivity contribution < 1.29 is 4.84 Å². The molecule has 3 nitrogen and oxygen atoms in total. The topological polar surface area (TPSA) is 33.6 Å². The zero-order chi connectivity index (χ0) is 12.8. The molecule has 1 N–H and O–H groups in total.